The van der Waals surface area contributed by atoms with Crippen LogP contribution < -0.4 is 10.6 Å². The molecule has 0 spiro atoms. The molecule has 2 N–H and O–H groups in total. The van der Waals surface area contributed by atoms with Gasteiger partial charge in [0.05, 0.1) is 6.04 Å². The monoisotopic (exact) mass is 384 g/mol. The molecule has 112 valence electrons. The van der Waals surface area contributed by atoms with E-state index in [2.05, 4.69) is 20.5 Å². The molecule has 1 aliphatic heterocycles. The summed E-state index contributed by atoms with van der Waals surface area (Å²) < 4.78 is 5.23. The van der Waals surface area contributed by atoms with Crippen LogP contribution in [-0.4, -0.2) is 55.8 Å². The van der Waals surface area contributed by atoms with Gasteiger partial charge < -0.3 is 20.3 Å². The van der Waals surface area contributed by atoms with Crippen LogP contribution in [-0.2, 0) is 4.74 Å². The zero-order valence-electron chi connectivity index (χ0n) is 12.3. The van der Waals surface area contributed by atoms with Crippen molar-refractivity contribution in [2.24, 2.45) is 4.99 Å². The minimum atomic E-state index is -0.455. The summed E-state index contributed by atoms with van der Waals surface area (Å²) in [6.07, 6.45) is 0.550. The van der Waals surface area contributed by atoms with E-state index in [1.165, 1.54) is 0 Å². The average molecular weight is 384 g/mol. The fraction of sp³-hybridized carbons (Fsp3) is 0.833. The average Bonchev–Trinajstić information content (AvgIpc) is 2.65. The lowest BCUT2D eigenvalue weighted by Gasteiger charge is -2.22. The van der Waals surface area contributed by atoms with Gasteiger partial charge in [-0.05, 0) is 27.2 Å². The first-order chi connectivity index (χ1) is 8.35. The maximum atomic E-state index is 11.6. The van der Waals surface area contributed by atoms with Crippen LogP contribution in [0.1, 0.15) is 27.2 Å². The number of rotatable bonds is 1. The maximum absolute atomic E-state index is 11.6. The molecule has 0 aliphatic carbocycles. The first kappa shape index (κ1) is 18.3. The Morgan fingerprint density at radius 3 is 2.53 bits per heavy atom. The van der Waals surface area contributed by atoms with Crippen molar-refractivity contribution in [1.29, 1.82) is 0 Å². The number of nitrogens with one attached hydrogen (secondary N) is 2. The highest BCUT2D eigenvalue weighted by atomic mass is 127. The minimum absolute atomic E-state index is 0. The highest BCUT2D eigenvalue weighted by Crippen LogP contribution is 2.11. The van der Waals surface area contributed by atoms with Gasteiger partial charge in [-0.3, -0.25) is 4.99 Å². The molecule has 1 atom stereocenters. The van der Waals surface area contributed by atoms with Crippen molar-refractivity contribution in [3.63, 3.8) is 0 Å². The fourth-order valence-corrected chi connectivity index (χ4v) is 1.96. The number of likely N-dealkylation sites (tertiary alicyclic amines) is 1. The van der Waals surface area contributed by atoms with Crippen molar-refractivity contribution in [2.75, 3.05) is 27.2 Å². The van der Waals surface area contributed by atoms with Gasteiger partial charge in [-0.2, -0.15) is 0 Å². The smallest absolute Gasteiger partial charge is 0.407 e. The molecule has 1 saturated heterocycles. The van der Waals surface area contributed by atoms with Crippen LogP contribution in [0.5, 0.6) is 0 Å². The van der Waals surface area contributed by atoms with Crippen LogP contribution in [0.15, 0.2) is 4.99 Å². The molecular weight excluding hydrogens is 359 g/mol. The van der Waals surface area contributed by atoms with E-state index in [0.717, 1.165) is 25.5 Å². The van der Waals surface area contributed by atoms with Crippen molar-refractivity contribution in [3.05, 3.63) is 0 Å². The molecule has 0 radical (unpaired) electrons. The van der Waals surface area contributed by atoms with Crippen molar-refractivity contribution >= 4 is 36.0 Å². The van der Waals surface area contributed by atoms with E-state index >= 15 is 0 Å². The van der Waals surface area contributed by atoms with Crippen LogP contribution >= 0.6 is 24.0 Å². The normalized spacial score (nSPS) is 19.7. The lowest BCUT2D eigenvalue weighted by atomic mass is 10.2. The first-order valence-corrected chi connectivity index (χ1v) is 6.24. The number of alkyl carbamates (subject to hydrolysis) is 1. The molecule has 1 rings (SSSR count). The number of hydrogen-bond donors (Lipinski definition) is 2. The van der Waals surface area contributed by atoms with Gasteiger partial charge in [0.2, 0.25) is 0 Å². The third kappa shape index (κ3) is 6.31. The number of carbonyl (C=O) groups excluding carboxylic acids is 1. The molecule has 1 aliphatic rings. The lowest BCUT2D eigenvalue weighted by Crippen LogP contribution is -2.43. The zero-order valence-corrected chi connectivity index (χ0v) is 14.6. The number of carbonyl (C=O) groups is 1. The molecule has 1 unspecified atom stereocenters. The van der Waals surface area contributed by atoms with Gasteiger partial charge in [0.1, 0.15) is 5.60 Å². The van der Waals surface area contributed by atoms with Crippen LogP contribution in [0.4, 0.5) is 4.79 Å². The second-order valence-corrected chi connectivity index (χ2v) is 5.38. The van der Waals surface area contributed by atoms with E-state index in [-0.39, 0.29) is 36.1 Å². The molecule has 6 nitrogen and oxygen atoms in total. The van der Waals surface area contributed by atoms with E-state index in [9.17, 15) is 4.79 Å². The Balaban J connectivity index is 0.00000324. The summed E-state index contributed by atoms with van der Waals surface area (Å²) in [6.45, 7) is 7.21. The summed E-state index contributed by atoms with van der Waals surface area (Å²) in [4.78, 5) is 17.9. The third-order valence-electron chi connectivity index (χ3n) is 2.64. The molecule has 1 amide bonds. The third-order valence-corrected chi connectivity index (χ3v) is 2.64. The molecule has 1 heterocycles. The second kappa shape index (κ2) is 7.76. The number of nitrogens with zero attached hydrogens (tertiary/aromatic N) is 2. The maximum Gasteiger partial charge on any atom is 0.407 e. The summed E-state index contributed by atoms with van der Waals surface area (Å²) in [7, 11) is 3.59. The Morgan fingerprint density at radius 2 is 2.05 bits per heavy atom. The quantitative estimate of drug-likeness (QED) is 0.408. The largest absolute Gasteiger partial charge is 0.444 e. The van der Waals surface area contributed by atoms with E-state index in [1.807, 2.05) is 27.8 Å². The van der Waals surface area contributed by atoms with Gasteiger partial charge in [0.15, 0.2) is 5.96 Å². The van der Waals surface area contributed by atoms with Crippen LogP contribution in [0.25, 0.3) is 0 Å². The zero-order chi connectivity index (χ0) is 13.8. The second-order valence-electron chi connectivity index (χ2n) is 5.38. The predicted molar refractivity (Wildman–Crippen MR) is 87.2 cm³/mol. The molecule has 0 aromatic rings. The fourth-order valence-electron chi connectivity index (χ4n) is 1.96. The van der Waals surface area contributed by atoms with Gasteiger partial charge in [0.25, 0.3) is 0 Å². The predicted octanol–water partition coefficient (Wildman–Crippen LogP) is 1.41. The molecule has 0 bridgehead atoms. The van der Waals surface area contributed by atoms with Crippen molar-refractivity contribution in [1.82, 2.24) is 15.5 Å². The Bertz CT molecular complexity index is 328. The molecule has 19 heavy (non-hydrogen) atoms. The van der Waals surface area contributed by atoms with E-state index in [0.29, 0.717) is 0 Å². The summed E-state index contributed by atoms with van der Waals surface area (Å²) in [6, 6.07) is 0.116. The Morgan fingerprint density at radius 1 is 1.42 bits per heavy atom. The number of halogens is 1. The molecule has 0 aromatic heterocycles. The van der Waals surface area contributed by atoms with Crippen LogP contribution in [0, 0.1) is 0 Å². The Labute approximate surface area is 132 Å². The van der Waals surface area contributed by atoms with Crippen molar-refractivity contribution in [3.8, 4) is 0 Å². The van der Waals surface area contributed by atoms with Crippen molar-refractivity contribution < 1.29 is 9.53 Å². The Hall–Kier alpha value is -0.730. The van der Waals surface area contributed by atoms with E-state index in [1.54, 1.807) is 7.05 Å². The summed E-state index contributed by atoms with van der Waals surface area (Å²) in [5, 5.41) is 5.92. The van der Waals surface area contributed by atoms with Gasteiger partial charge in [0, 0.05) is 27.2 Å². The summed E-state index contributed by atoms with van der Waals surface area (Å²) in [5.74, 6) is 0.850. The highest BCUT2D eigenvalue weighted by Gasteiger charge is 2.27. The SMILES string of the molecule is CN=C(NC)N1CCC(NC(=O)OC(C)(C)C)C1.I. The number of aliphatic imine (C=N–C) groups is 1. The van der Waals surface area contributed by atoms with Gasteiger partial charge >= 0.3 is 6.09 Å². The van der Waals surface area contributed by atoms with Gasteiger partial charge in [-0.25, -0.2) is 4.79 Å². The number of ether oxygens (including phenoxy) is 1. The minimum Gasteiger partial charge on any atom is -0.444 e. The highest BCUT2D eigenvalue weighted by molar-refractivity contribution is 14.0. The van der Waals surface area contributed by atoms with Gasteiger partial charge in [-0.1, -0.05) is 0 Å². The number of hydrogen-bond acceptors (Lipinski definition) is 3. The molecule has 1 fully saturated rings. The summed E-state index contributed by atoms with van der Waals surface area (Å²) >= 11 is 0. The molecule has 7 heteroatoms. The van der Waals surface area contributed by atoms with Crippen molar-refractivity contribution in [2.45, 2.75) is 38.8 Å². The van der Waals surface area contributed by atoms with E-state index < -0.39 is 5.60 Å². The topological polar surface area (TPSA) is 66.0 Å². The van der Waals surface area contributed by atoms with Crippen LogP contribution in [0.3, 0.4) is 0 Å². The van der Waals surface area contributed by atoms with Crippen LogP contribution in [0.2, 0.25) is 0 Å². The summed E-state index contributed by atoms with van der Waals surface area (Å²) in [5.41, 5.74) is -0.455. The molecular formula is C12H25IN4O2. The standard InChI is InChI=1S/C12H24N4O2.HI/c1-12(2,3)18-11(17)15-9-6-7-16(8-9)10(13-4)14-5;/h9H,6-8H2,1-5H3,(H,13,14)(H,15,17);1H. The Kier molecular flexibility index (Phi) is 7.46. The molecule has 0 saturated carbocycles. The van der Waals surface area contributed by atoms with Gasteiger partial charge in [-0.15, -0.1) is 24.0 Å². The molecule has 0 aromatic carbocycles. The first-order valence-electron chi connectivity index (χ1n) is 6.24. The lowest BCUT2D eigenvalue weighted by molar-refractivity contribution is 0.0507. The number of amides is 1. The van der Waals surface area contributed by atoms with E-state index in [4.69, 9.17) is 4.74 Å². The number of guanidine groups is 1.